The molecule has 0 aromatic rings. The highest BCUT2D eigenvalue weighted by Crippen LogP contribution is 2.27. The zero-order valence-corrected chi connectivity index (χ0v) is 13.2. The highest BCUT2D eigenvalue weighted by molar-refractivity contribution is 5.91. The van der Waals surface area contributed by atoms with Gasteiger partial charge in [0.15, 0.2) is 0 Å². The van der Waals surface area contributed by atoms with Crippen LogP contribution in [0.4, 0.5) is 0 Å². The second-order valence-corrected chi connectivity index (χ2v) is 6.37. The number of amides is 3. The Hall–Kier alpha value is -1.63. The minimum Gasteiger partial charge on any atom is -0.344 e. The van der Waals surface area contributed by atoms with Crippen molar-refractivity contribution in [3.05, 3.63) is 0 Å². The normalized spacial score (nSPS) is 27.6. The molecule has 2 aliphatic heterocycles. The van der Waals surface area contributed by atoms with Crippen LogP contribution >= 0.6 is 0 Å². The van der Waals surface area contributed by atoms with Crippen LogP contribution in [-0.2, 0) is 14.4 Å². The number of fused-ring (bicyclic) bond motifs is 1. The SMILES string of the molecule is CC(C(=O)NO)C(C)C(=O)N[C@H]1CCCC2CCCN2C1=O. The molecule has 22 heavy (non-hydrogen) atoms. The predicted octanol–water partition coefficient (Wildman–Crippen LogP) is 0.424. The van der Waals surface area contributed by atoms with Gasteiger partial charge in [0, 0.05) is 24.4 Å². The summed E-state index contributed by atoms with van der Waals surface area (Å²) in [6, 6.07) is -0.173. The van der Waals surface area contributed by atoms with Crippen molar-refractivity contribution in [1.29, 1.82) is 0 Å². The molecule has 0 aromatic carbocycles. The van der Waals surface area contributed by atoms with Crippen LogP contribution in [0.2, 0.25) is 0 Å². The Morgan fingerprint density at radius 3 is 2.45 bits per heavy atom. The Morgan fingerprint density at radius 2 is 1.77 bits per heavy atom. The van der Waals surface area contributed by atoms with Gasteiger partial charge in [-0.15, -0.1) is 0 Å². The van der Waals surface area contributed by atoms with Crippen molar-refractivity contribution < 1.29 is 19.6 Å². The van der Waals surface area contributed by atoms with Crippen LogP contribution in [0.5, 0.6) is 0 Å². The summed E-state index contributed by atoms with van der Waals surface area (Å²) < 4.78 is 0. The number of carbonyl (C=O) groups is 3. The van der Waals surface area contributed by atoms with Crippen molar-refractivity contribution in [2.45, 2.75) is 58.0 Å². The number of nitrogens with zero attached hydrogens (tertiary/aromatic N) is 1. The second-order valence-electron chi connectivity index (χ2n) is 6.37. The number of hydrogen-bond acceptors (Lipinski definition) is 4. The lowest BCUT2D eigenvalue weighted by molar-refractivity contribution is -0.141. The molecule has 7 heteroatoms. The van der Waals surface area contributed by atoms with Crippen LogP contribution in [0.15, 0.2) is 0 Å². The minimum absolute atomic E-state index is 0.000173. The molecule has 7 nitrogen and oxygen atoms in total. The molecule has 124 valence electrons. The molecule has 0 bridgehead atoms. The summed E-state index contributed by atoms with van der Waals surface area (Å²) in [5.74, 6) is -2.20. The van der Waals surface area contributed by atoms with Crippen molar-refractivity contribution in [2.24, 2.45) is 11.8 Å². The first-order valence-electron chi connectivity index (χ1n) is 8.00. The molecule has 0 radical (unpaired) electrons. The zero-order chi connectivity index (χ0) is 16.3. The van der Waals surface area contributed by atoms with Crippen LogP contribution in [0.1, 0.15) is 46.0 Å². The number of hydroxylamine groups is 1. The summed E-state index contributed by atoms with van der Waals surface area (Å²) >= 11 is 0. The van der Waals surface area contributed by atoms with Crippen molar-refractivity contribution in [2.75, 3.05) is 6.54 Å². The van der Waals surface area contributed by atoms with E-state index in [1.54, 1.807) is 19.3 Å². The Kier molecular flexibility index (Phi) is 5.39. The smallest absolute Gasteiger partial charge is 0.246 e. The van der Waals surface area contributed by atoms with E-state index in [1.165, 1.54) is 0 Å². The maximum absolute atomic E-state index is 12.5. The third-order valence-corrected chi connectivity index (χ3v) is 4.99. The predicted molar refractivity (Wildman–Crippen MR) is 78.8 cm³/mol. The lowest BCUT2D eigenvalue weighted by Crippen LogP contribution is -2.50. The third kappa shape index (κ3) is 3.40. The molecule has 0 aliphatic carbocycles. The van der Waals surface area contributed by atoms with Crippen molar-refractivity contribution >= 4 is 17.7 Å². The Labute approximate surface area is 130 Å². The molecule has 2 aliphatic rings. The van der Waals surface area contributed by atoms with Gasteiger partial charge in [-0.05, 0) is 32.1 Å². The average Bonchev–Trinajstić information content (AvgIpc) is 2.93. The molecule has 0 saturated carbocycles. The van der Waals surface area contributed by atoms with Gasteiger partial charge in [0.25, 0.3) is 0 Å². The first-order valence-corrected chi connectivity index (χ1v) is 8.00. The van der Waals surface area contributed by atoms with Gasteiger partial charge in [-0.3, -0.25) is 19.6 Å². The average molecular weight is 311 g/mol. The van der Waals surface area contributed by atoms with E-state index in [1.807, 2.05) is 4.90 Å². The molecular formula is C15H25N3O4. The van der Waals surface area contributed by atoms with Gasteiger partial charge in [-0.2, -0.15) is 0 Å². The molecule has 3 amide bonds. The van der Waals surface area contributed by atoms with E-state index in [0.717, 1.165) is 32.2 Å². The number of nitrogens with one attached hydrogen (secondary N) is 2. The molecule has 4 atom stereocenters. The Bertz CT molecular complexity index is 454. The number of carbonyl (C=O) groups excluding carboxylic acids is 3. The maximum atomic E-state index is 12.5. The van der Waals surface area contributed by atoms with Gasteiger partial charge in [0.2, 0.25) is 17.7 Å². The van der Waals surface area contributed by atoms with Crippen LogP contribution in [-0.4, -0.2) is 46.5 Å². The quantitative estimate of drug-likeness (QED) is 0.518. The molecule has 3 unspecified atom stereocenters. The molecule has 0 spiro atoms. The van der Waals surface area contributed by atoms with E-state index in [4.69, 9.17) is 5.21 Å². The van der Waals surface area contributed by atoms with Crippen LogP contribution < -0.4 is 10.8 Å². The molecule has 2 saturated heterocycles. The van der Waals surface area contributed by atoms with Crippen LogP contribution in [0.25, 0.3) is 0 Å². The first kappa shape index (κ1) is 16.7. The van der Waals surface area contributed by atoms with E-state index in [2.05, 4.69) is 5.32 Å². The van der Waals surface area contributed by atoms with Gasteiger partial charge in [0.1, 0.15) is 6.04 Å². The van der Waals surface area contributed by atoms with E-state index >= 15 is 0 Å². The summed E-state index contributed by atoms with van der Waals surface area (Å²) in [5.41, 5.74) is 1.56. The lowest BCUT2D eigenvalue weighted by atomic mass is 9.94. The standard InChI is InChI=1S/C15H25N3O4/c1-9(10(2)14(20)17-22)13(19)16-12-7-3-5-11-6-4-8-18(11)15(12)21/h9-12,22H,3-8H2,1-2H3,(H,16,19)(H,17,20)/t9?,10?,11?,12-/m0/s1. The van der Waals surface area contributed by atoms with Crippen LogP contribution in [0, 0.1) is 11.8 Å². The Morgan fingerprint density at radius 1 is 1.14 bits per heavy atom. The number of rotatable bonds is 4. The monoisotopic (exact) mass is 311 g/mol. The maximum Gasteiger partial charge on any atom is 0.246 e. The van der Waals surface area contributed by atoms with Gasteiger partial charge >= 0.3 is 0 Å². The largest absolute Gasteiger partial charge is 0.344 e. The fraction of sp³-hybridized carbons (Fsp3) is 0.800. The summed E-state index contributed by atoms with van der Waals surface area (Å²) in [4.78, 5) is 38.1. The van der Waals surface area contributed by atoms with Gasteiger partial charge in [-0.25, -0.2) is 5.48 Å². The summed E-state index contributed by atoms with van der Waals surface area (Å²) in [5, 5.41) is 11.4. The van der Waals surface area contributed by atoms with E-state index in [9.17, 15) is 14.4 Å². The molecule has 2 heterocycles. The minimum atomic E-state index is -0.662. The molecule has 0 aromatic heterocycles. The third-order valence-electron chi connectivity index (χ3n) is 4.99. The van der Waals surface area contributed by atoms with Crippen molar-refractivity contribution in [1.82, 2.24) is 15.7 Å². The van der Waals surface area contributed by atoms with Gasteiger partial charge in [0.05, 0.1) is 0 Å². The fourth-order valence-electron chi connectivity index (χ4n) is 3.30. The summed E-state index contributed by atoms with van der Waals surface area (Å²) in [7, 11) is 0. The molecule has 3 N–H and O–H groups in total. The Balaban J connectivity index is 1.98. The van der Waals surface area contributed by atoms with Gasteiger partial charge < -0.3 is 10.2 Å². The first-order chi connectivity index (χ1) is 10.5. The molecule has 2 rings (SSSR count). The van der Waals surface area contributed by atoms with E-state index < -0.39 is 23.8 Å². The van der Waals surface area contributed by atoms with Gasteiger partial charge in [-0.1, -0.05) is 13.8 Å². The lowest BCUT2D eigenvalue weighted by Gasteiger charge is -2.26. The van der Waals surface area contributed by atoms with Crippen molar-refractivity contribution in [3.8, 4) is 0 Å². The topological polar surface area (TPSA) is 98.7 Å². The zero-order valence-electron chi connectivity index (χ0n) is 13.2. The summed E-state index contributed by atoms with van der Waals surface area (Å²) in [6.45, 7) is 3.96. The van der Waals surface area contributed by atoms with E-state index in [0.29, 0.717) is 12.5 Å². The highest BCUT2D eigenvalue weighted by Gasteiger charge is 2.37. The second kappa shape index (κ2) is 7.09. The van der Waals surface area contributed by atoms with Crippen LogP contribution in [0.3, 0.4) is 0 Å². The number of hydrogen-bond donors (Lipinski definition) is 3. The summed E-state index contributed by atoms with van der Waals surface area (Å²) in [6.07, 6.45) is 4.64. The van der Waals surface area contributed by atoms with Crippen molar-refractivity contribution in [3.63, 3.8) is 0 Å². The van der Waals surface area contributed by atoms with E-state index in [-0.39, 0.29) is 11.8 Å². The fourth-order valence-corrected chi connectivity index (χ4v) is 3.30. The molecular weight excluding hydrogens is 286 g/mol. The molecule has 2 fully saturated rings. The highest BCUT2D eigenvalue weighted by atomic mass is 16.5.